The lowest BCUT2D eigenvalue weighted by Gasteiger charge is -2.14. The quantitative estimate of drug-likeness (QED) is 0.574. The van der Waals surface area contributed by atoms with Crippen molar-refractivity contribution >= 4 is 18.0 Å². The zero-order valence-corrected chi connectivity index (χ0v) is 18.3. The molecular formula is C24H24N4O5. The number of aryl methyl sites for hydroxylation is 1. The fourth-order valence-corrected chi connectivity index (χ4v) is 4.10. The van der Waals surface area contributed by atoms with Gasteiger partial charge in [-0.15, -0.1) is 0 Å². The third-order valence-electron chi connectivity index (χ3n) is 5.63. The maximum absolute atomic E-state index is 12.4. The summed E-state index contributed by atoms with van der Waals surface area (Å²) in [7, 11) is 2.98. The van der Waals surface area contributed by atoms with Crippen LogP contribution in [0.2, 0.25) is 0 Å². The Bertz CT molecular complexity index is 1170. The number of carbonyl (C=O) groups is 3. The number of hydrogen-bond donors (Lipinski definition) is 2. The minimum absolute atomic E-state index is 0.0352. The summed E-state index contributed by atoms with van der Waals surface area (Å²) in [5, 5.41) is 15.7. The Hall–Kier alpha value is -4.14. The molecule has 0 aliphatic heterocycles. The lowest BCUT2D eigenvalue weighted by atomic mass is 9.98. The van der Waals surface area contributed by atoms with Gasteiger partial charge in [0.15, 0.2) is 0 Å². The van der Waals surface area contributed by atoms with Gasteiger partial charge in [-0.25, -0.2) is 4.79 Å². The van der Waals surface area contributed by atoms with E-state index in [1.165, 1.54) is 17.8 Å². The van der Waals surface area contributed by atoms with Crippen molar-refractivity contribution in [3.05, 3.63) is 77.1 Å². The lowest BCUT2D eigenvalue weighted by Crippen LogP contribution is -2.33. The molecule has 3 aromatic rings. The molecule has 1 aliphatic carbocycles. The van der Waals surface area contributed by atoms with Crippen LogP contribution in [-0.4, -0.2) is 58.0 Å². The van der Waals surface area contributed by atoms with Crippen molar-refractivity contribution in [2.45, 2.75) is 12.5 Å². The molecule has 9 heteroatoms. The first-order valence-electron chi connectivity index (χ1n) is 10.4. The number of benzene rings is 2. The topological polar surface area (TPSA) is 114 Å². The van der Waals surface area contributed by atoms with E-state index < -0.39 is 24.5 Å². The van der Waals surface area contributed by atoms with Crippen LogP contribution in [0.15, 0.2) is 54.6 Å². The molecule has 0 saturated heterocycles. The van der Waals surface area contributed by atoms with E-state index in [9.17, 15) is 14.4 Å². The van der Waals surface area contributed by atoms with Gasteiger partial charge in [0, 0.05) is 20.0 Å². The highest BCUT2D eigenvalue weighted by atomic mass is 16.5. The number of likely N-dealkylation sites (N-methyl/N-ethyl adjacent to an activating group) is 1. The number of alkyl carbamates (subject to hydrolysis) is 1. The molecule has 2 N–H and O–H groups in total. The van der Waals surface area contributed by atoms with Gasteiger partial charge in [-0.05, 0) is 28.3 Å². The number of nitrogens with one attached hydrogen (secondary N) is 1. The number of ether oxygens (including phenoxy) is 1. The Morgan fingerprint density at radius 3 is 2.30 bits per heavy atom. The predicted octanol–water partition coefficient (Wildman–Crippen LogP) is 2.62. The van der Waals surface area contributed by atoms with Crippen molar-refractivity contribution in [3.63, 3.8) is 0 Å². The van der Waals surface area contributed by atoms with Crippen LogP contribution in [0, 0.1) is 0 Å². The maximum atomic E-state index is 12.4. The summed E-state index contributed by atoms with van der Waals surface area (Å²) in [5.74, 6) is -1.61. The average Bonchev–Trinajstić information content (AvgIpc) is 3.33. The second-order valence-corrected chi connectivity index (χ2v) is 7.88. The third kappa shape index (κ3) is 4.57. The van der Waals surface area contributed by atoms with Gasteiger partial charge in [-0.2, -0.15) is 5.10 Å². The second kappa shape index (κ2) is 9.15. The molecule has 4 rings (SSSR count). The minimum Gasteiger partial charge on any atom is -0.480 e. The van der Waals surface area contributed by atoms with Gasteiger partial charge in [0.2, 0.25) is 0 Å². The first-order chi connectivity index (χ1) is 15.8. The largest absolute Gasteiger partial charge is 0.480 e. The molecule has 0 spiro atoms. The number of carbonyl (C=O) groups excluding carboxylic acids is 2. The van der Waals surface area contributed by atoms with E-state index >= 15 is 0 Å². The van der Waals surface area contributed by atoms with E-state index in [2.05, 4.69) is 34.7 Å². The summed E-state index contributed by atoms with van der Waals surface area (Å²) in [4.78, 5) is 36.7. The Labute approximate surface area is 190 Å². The van der Waals surface area contributed by atoms with Crippen LogP contribution >= 0.6 is 0 Å². The smallest absolute Gasteiger partial charge is 0.407 e. The maximum Gasteiger partial charge on any atom is 0.407 e. The first-order valence-corrected chi connectivity index (χ1v) is 10.4. The van der Waals surface area contributed by atoms with Crippen molar-refractivity contribution in [1.29, 1.82) is 0 Å². The Morgan fingerprint density at radius 1 is 1.09 bits per heavy atom. The van der Waals surface area contributed by atoms with Gasteiger partial charge >= 0.3 is 12.1 Å². The van der Waals surface area contributed by atoms with Crippen LogP contribution in [0.25, 0.3) is 11.1 Å². The number of carboxylic acid groups (broad SMARTS) is 1. The number of amides is 2. The standard InChI is InChI=1S/C24H24N4O5/c1-27(13-22(29)30)23(31)21-11-15(26-28(21)2)12-25-24(32)33-14-20-18-9-5-3-7-16(18)17-8-4-6-10-19(17)20/h3-11,20H,12-14H2,1-2H3,(H,25,32)(H,29,30). The van der Waals surface area contributed by atoms with Crippen molar-refractivity contribution in [3.8, 4) is 11.1 Å². The third-order valence-corrected chi connectivity index (χ3v) is 5.63. The fraction of sp³-hybridized carbons (Fsp3) is 0.250. The van der Waals surface area contributed by atoms with E-state index in [0.29, 0.717) is 5.69 Å². The summed E-state index contributed by atoms with van der Waals surface area (Å²) < 4.78 is 6.86. The van der Waals surface area contributed by atoms with E-state index in [1.54, 1.807) is 7.05 Å². The number of aliphatic carboxylic acids is 1. The van der Waals surface area contributed by atoms with Crippen molar-refractivity contribution in [2.75, 3.05) is 20.2 Å². The monoisotopic (exact) mass is 448 g/mol. The first kappa shape index (κ1) is 22.1. The van der Waals surface area contributed by atoms with Crippen LogP contribution < -0.4 is 5.32 Å². The van der Waals surface area contributed by atoms with Gasteiger partial charge in [0.25, 0.3) is 5.91 Å². The molecule has 2 aromatic carbocycles. The number of rotatable bonds is 7. The molecule has 1 aliphatic rings. The average molecular weight is 448 g/mol. The van der Waals surface area contributed by atoms with Gasteiger partial charge in [0.1, 0.15) is 18.8 Å². The molecule has 9 nitrogen and oxygen atoms in total. The molecule has 0 radical (unpaired) electrons. The summed E-state index contributed by atoms with van der Waals surface area (Å²) in [6, 6.07) is 17.7. The summed E-state index contributed by atoms with van der Waals surface area (Å²) >= 11 is 0. The van der Waals surface area contributed by atoms with E-state index in [1.807, 2.05) is 24.3 Å². The van der Waals surface area contributed by atoms with Crippen molar-refractivity contribution in [2.24, 2.45) is 7.05 Å². The number of aromatic nitrogens is 2. The molecule has 0 bridgehead atoms. The summed E-state index contributed by atoms with van der Waals surface area (Å²) in [6.07, 6.45) is -0.585. The number of nitrogens with zero attached hydrogens (tertiary/aromatic N) is 3. The van der Waals surface area contributed by atoms with Gasteiger partial charge < -0.3 is 20.1 Å². The minimum atomic E-state index is -1.11. The fourth-order valence-electron chi connectivity index (χ4n) is 4.10. The molecule has 33 heavy (non-hydrogen) atoms. The molecule has 1 heterocycles. The highest BCUT2D eigenvalue weighted by Crippen LogP contribution is 2.44. The van der Waals surface area contributed by atoms with Crippen LogP contribution in [0.1, 0.15) is 33.2 Å². The Kier molecular flexibility index (Phi) is 6.12. The molecular weight excluding hydrogens is 424 g/mol. The molecule has 0 fully saturated rings. The van der Waals surface area contributed by atoms with Crippen molar-refractivity contribution in [1.82, 2.24) is 20.0 Å². The molecule has 0 unspecified atom stereocenters. The zero-order valence-electron chi connectivity index (χ0n) is 18.3. The van der Waals surface area contributed by atoms with Gasteiger partial charge in [0.05, 0.1) is 12.2 Å². The Morgan fingerprint density at radius 2 is 1.70 bits per heavy atom. The number of hydrogen-bond acceptors (Lipinski definition) is 5. The second-order valence-electron chi connectivity index (χ2n) is 7.88. The highest BCUT2D eigenvalue weighted by Gasteiger charge is 2.29. The Balaban J connectivity index is 1.36. The van der Waals surface area contributed by atoms with Crippen LogP contribution in [0.4, 0.5) is 4.79 Å². The number of fused-ring (bicyclic) bond motifs is 3. The number of carboxylic acids is 1. The lowest BCUT2D eigenvalue weighted by molar-refractivity contribution is -0.137. The van der Waals surface area contributed by atoms with E-state index in [-0.39, 0.29) is 24.8 Å². The van der Waals surface area contributed by atoms with E-state index in [4.69, 9.17) is 9.84 Å². The zero-order chi connectivity index (χ0) is 23.5. The van der Waals surface area contributed by atoms with Crippen molar-refractivity contribution < 1.29 is 24.2 Å². The van der Waals surface area contributed by atoms with Crippen LogP contribution in [-0.2, 0) is 23.1 Å². The van der Waals surface area contributed by atoms with Gasteiger partial charge in [-0.1, -0.05) is 48.5 Å². The predicted molar refractivity (Wildman–Crippen MR) is 120 cm³/mol. The molecule has 1 aromatic heterocycles. The van der Waals surface area contributed by atoms with E-state index in [0.717, 1.165) is 27.2 Å². The highest BCUT2D eigenvalue weighted by molar-refractivity contribution is 5.94. The SMILES string of the molecule is CN(CC(=O)O)C(=O)c1cc(CNC(=O)OCC2c3ccccc3-c3ccccc32)nn1C. The molecule has 2 amide bonds. The molecule has 0 atom stereocenters. The summed E-state index contributed by atoms with van der Waals surface area (Å²) in [6.45, 7) is -0.149. The summed E-state index contributed by atoms with van der Waals surface area (Å²) in [5.41, 5.74) is 5.25. The normalized spacial score (nSPS) is 12.1. The van der Waals surface area contributed by atoms with Crippen LogP contribution in [0.3, 0.4) is 0 Å². The van der Waals surface area contributed by atoms with Gasteiger partial charge in [-0.3, -0.25) is 14.3 Å². The molecule has 0 saturated carbocycles. The van der Waals surface area contributed by atoms with Crippen LogP contribution in [0.5, 0.6) is 0 Å². The molecule has 170 valence electrons.